The van der Waals surface area contributed by atoms with Gasteiger partial charge >= 0.3 is 0 Å². The van der Waals surface area contributed by atoms with Crippen molar-refractivity contribution in [3.05, 3.63) is 72.3 Å². The fourth-order valence-corrected chi connectivity index (χ4v) is 3.30. The maximum Gasteiger partial charge on any atom is 0.274 e. The first-order chi connectivity index (χ1) is 15.6. The summed E-state index contributed by atoms with van der Waals surface area (Å²) in [5.41, 5.74) is 9.98. The van der Waals surface area contributed by atoms with Crippen LogP contribution >= 0.6 is 0 Å². The number of aromatic nitrogens is 2. The zero-order valence-electron chi connectivity index (χ0n) is 17.3. The largest absolute Gasteiger partial charge is 0.489 e. The highest BCUT2D eigenvalue weighted by molar-refractivity contribution is 6.04. The van der Waals surface area contributed by atoms with Crippen molar-refractivity contribution in [3.63, 3.8) is 0 Å². The summed E-state index contributed by atoms with van der Waals surface area (Å²) in [6.07, 6.45) is 4.49. The quantitative estimate of drug-likeness (QED) is 0.405. The number of hydrogen-bond acceptors (Lipinski definition) is 8. The van der Waals surface area contributed by atoms with Gasteiger partial charge in [-0.15, -0.1) is 0 Å². The Kier molecular flexibility index (Phi) is 6.02. The molecule has 2 heterocycles. The van der Waals surface area contributed by atoms with Crippen molar-refractivity contribution >= 4 is 28.5 Å². The Hall–Kier alpha value is -4.34. The number of benzene rings is 2. The number of rotatable bonds is 6. The van der Waals surface area contributed by atoms with Gasteiger partial charge in [-0.05, 0) is 11.6 Å². The van der Waals surface area contributed by atoms with Crippen LogP contribution in [0.5, 0.6) is 5.75 Å². The van der Waals surface area contributed by atoms with Gasteiger partial charge in [0.1, 0.15) is 18.4 Å². The van der Waals surface area contributed by atoms with Crippen molar-refractivity contribution in [2.45, 2.75) is 12.6 Å². The van der Waals surface area contributed by atoms with Crippen LogP contribution in [0.15, 0.2) is 71.9 Å². The molecule has 0 fully saturated rings. The zero-order chi connectivity index (χ0) is 22.5. The monoisotopic (exact) mass is 431 g/mol. The number of hydrogen-bond donors (Lipinski definition) is 3. The van der Waals surface area contributed by atoms with E-state index in [1.165, 1.54) is 11.1 Å². The Morgan fingerprint density at radius 1 is 1.25 bits per heavy atom. The number of ether oxygens (including phenoxy) is 1. The molecule has 1 unspecified atom stereocenters. The van der Waals surface area contributed by atoms with Crippen LogP contribution in [0.2, 0.25) is 0 Å². The van der Waals surface area contributed by atoms with Crippen LogP contribution in [0.1, 0.15) is 5.56 Å². The Morgan fingerprint density at radius 3 is 2.69 bits per heavy atom. The fourth-order valence-electron chi connectivity index (χ4n) is 3.30. The lowest BCUT2D eigenvalue weighted by Gasteiger charge is -2.20. The normalized spacial score (nSPS) is 16.0. The predicted octanol–water partition coefficient (Wildman–Crippen LogP) is 2.13. The molecule has 2 aromatic carbocycles. The SMILES string of the molecule is CN1C(=O)C(NC(=O)/C(=C/NCc2ccccc2)N=N)COc2cc3nccnc3cc21. The standard InChI is InChI=1S/C22H21N7O3/c1-29-19-9-15-16(26-8-7-25-15)10-20(19)32-13-18(22(29)31)27-21(30)17(28-23)12-24-11-14-5-3-2-4-6-14/h2-10,12,18,23-24H,11,13H2,1H3,(H,27,30)/b17-12-,28-23?. The van der Waals surface area contributed by atoms with E-state index in [2.05, 4.69) is 25.7 Å². The molecule has 3 aromatic rings. The van der Waals surface area contributed by atoms with Crippen molar-refractivity contribution in [3.8, 4) is 5.75 Å². The third-order valence-corrected chi connectivity index (χ3v) is 4.99. The van der Waals surface area contributed by atoms with Gasteiger partial charge in [-0.3, -0.25) is 19.6 Å². The third-order valence-electron chi connectivity index (χ3n) is 4.99. The lowest BCUT2D eigenvalue weighted by molar-refractivity contribution is -0.126. The van der Waals surface area contributed by atoms with E-state index in [0.29, 0.717) is 29.0 Å². The van der Waals surface area contributed by atoms with Gasteiger partial charge in [-0.1, -0.05) is 30.3 Å². The summed E-state index contributed by atoms with van der Waals surface area (Å²) in [4.78, 5) is 35.5. The number of nitrogens with zero attached hydrogens (tertiary/aromatic N) is 4. The number of fused-ring (bicyclic) bond motifs is 2. The molecule has 0 aliphatic carbocycles. The Morgan fingerprint density at radius 2 is 1.97 bits per heavy atom. The highest BCUT2D eigenvalue weighted by atomic mass is 16.5. The Balaban J connectivity index is 1.46. The maximum atomic E-state index is 13.0. The van der Waals surface area contributed by atoms with Gasteiger partial charge in [0.15, 0.2) is 5.70 Å². The van der Waals surface area contributed by atoms with E-state index < -0.39 is 11.9 Å². The molecule has 0 radical (unpaired) electrons. The van der Waals surface area contributed by atoms with E-state index >= 15 is 0 Å². The average Bonchev–Trinajstić information content (AvgIpc) is 2.93. The molecule has 10 heteroatoms. The predicted molar refractivity (Wildman–Crippen MR) is 117 cm³/mol. The maximum absolute atomic E-state index is 13.0. The molecule has 1 atom stereocenters. The summed E-state index contributed by atoms with van der Waals surface area (Å²) in [5, 5.41) is 8.85. The van der Waals surface area contributed by atoms with Crippen LogP contribution in [-0.2, 0) is 16.1 Å². The van der Waals surface area contributed by atoms with Crippen molar-refractivity contribution < 1.29 is 14.3 Å². The van der Waals surface area contributed by atoms with E-state index in [4.69, 9.17) is 10.3 Å². The first-order valence-electron chi connectivity index (χ1n) is 9.88. The number of carbonyl (C=O) groups is 2. The van der Waals surface area contributed by atoms with Crippen LogP contribution in [0.3, 0.4) is 0 Å². The molecule has 0 saturated heterocycles. The van der Waals surface area contributed by atoms with Crippen molar-refractivity contribution in [2.75, 3.05) is 18.6 Å². The number of carbonyl (C=O) groups excluding carboxylic acids is 2. The first kappa shape index (κ1) is 20.9. The van der Waals surface area contributed by atoms with E-state index in [1.807, 2.05) is 30.3 Å². The molecule has 0 saturated carbocycles. The van der Waals surface area contributed by atoms with Crippen molar-refractivity contribution in [1.29, 1.82) is 5.53 Å². The molecule has 3 N–H and O–H groups in total. The number of amides is 2. The lowest BCUT2D eigenvalue weighted by Crippen LogP contribution is -2.49. The second-order valence-electron chi connectivity index (χ2n) is 7.11. The van der Waals surface area contributed by atoms with E-state index in [1.54, 1.807) is 31.6 Å². The van der Waals surface area contributed by atoms with Gasteiger partial charge in [-0.25, -0.2) is 5.53 Å². The summed E-state index contributed by atoms with van der Waals surface area (Å²) in [7, 11) is 1.60. The molecule has 0 spiro atoms. The molecule has 2 amide bonds. The highest BCUT2D eigenvalue weighted by Gasteiger charge is 2.31. The van der Waals surface area contributed by atoms with Crippen molar-refractivity contribution in [1.82, 2.24) is 20.6 Å². The minimum atomic E-state index is -0.955. The van der Waals surface area contributed by atoms with Crippen LogP contribution in [0.25, 0.3) is 11.0 Å². The summed E-state index contributed by atoms with van der Waals surface area (Å²) in [6, 6.07) is 12.1. The van der Waals surface area contributed by atoms with Crippen LogP contribution in [-0.4, -0.2) is 41.5 Å². The highest BCUT2D eigenvalue weighted by Crippen LogP contribution is 2.33. The minimum absolute atomic E-state index is 0.0730. The van der Waals surface area contributed by atoms with Crippen molar-refractivity contribution in [2.24, 2.45) is 5.11 Å². The molecule has 162 valence electrons. The minimum Gasteiger partial charge on any atom is -0.489 e. The average molecular weight is 431 g/mol. The molecule has 4 rings (SSSR count). The molecule has 0 bridgehead atoms. The van der Waals surface area contributed by atoms with Gasteiger partial charge < -0.3 is 20.3 Å². The summed E-state index contributed by atoms with van der Waals surface area (Å²) >= 11 is 0. The number of likely N-dealkylation sites (N-methyl/N-ethyl adjacent to an activating group) is 1. The molecule has 32 heavy (non-hydrogen) atoms. The summed E-state index contributed by atoms with van der Waals surface area (Å²) in [5.74, 6) is -0.548. The van der Waals surface area contributed by atoms with Gasteiger partial charge in [-0.2, -0.15) is 5.11 Å². The molecule has 10 nitrogen and oxygen atoms in total. The van der Waals surface area contributed by atoms with E-state index in [-0.39, 0.29) is 18.2 Å². The van der Waals surface area contributed by atoms with E-state index in [9.17, 15) is 9.59 Å². The second-order valence-corrected chi connectivity index (χ2v) is 7.11. The van der Waals surface area contributed by atoms with Crippen LogP contribution in [0.4, 0.5) is 5.69 Å². The van der Waals surface area contributed by atoms with Crippen LogP contribution < -0.4 is 20.3 Å². The number of nitrogens with one attached hydrogen (secondary N) is 3. The van der Waals surface area contributed by atoms with Gasteiger partial charge in [0.05, 0.1) is 16.7 Å². The Bertz CT molecular complexity index is 1200. The summed E-state index contributed by atoms with van der Waals surface area (Å²) in [6.45, 7) is 0.392. The Labute approximate surface area is 183 Å². The lowest BCUT2D eigenvalue weighted by atomic mass is 10.2. The van der Waals surface area contributed by atoms with Gasteiger partial charge in [0.25, 0.3) is 11.8 Å². The van der Waals surface area contributed by atoms with E-state index in [0.717, 1.165) is 5.56 Å². The fraction of sp³-hybridized carbons (Fsp3) is 0.182. The van der Waals surface area contributed by atoms with Crippen LogP contribution in [0, 0.1) is 5.53 Å². The topological polar surface area (TPSA) is 133 Å². The first-order valence-corrected chi connectivity index (χ1v) is 9.88. The molecular formula is C22H21N7O3. The zero-order valence-corrected chi connectivity index (χ0v) is 17.3. The van der Waals surface area contributed by atoms with Gasteiger partial charge in [0, 0.05) is 38.3 Å². The molecule has 1 aliphatic heterocycles. The molecular weight excluding hydrogens is 410 g/mol. The third kappa shape index (κ3) is 4.38. The van der Waals surface area contributed by atoms with Gasteiger partial charge in [0.2, 0.25) is 0 Å². The smallest absolute Gasteiger partial charge is 0.274 e. The molecule has 1 aromatic heterocycles. The number of anilines is 1. The second kappa shape index (κ2) is 9.21. The molecule has 1 aliphatic rings. The summed E-state index contributed by atoms with van der Waals surface area (Å²) < 4.78 is 5.81.